The number of hydrogen-bond acceptors (Lipinski definition) is 0. The molecule has 0 saturated heterocycles. The van der Waals surface area contributed by atoms with E-state index in [1.165, 1.54) is 13.0 Å². The quantitative estimate of drug-likeness (QED) is 0.600. The molecule has 0 saturated carbocycles. The molecule has 82 valence electrons. The summed E-state index contributed by atoms with van der Waals surface area (Å²) in [5, 5.41) is 0. The van der Waals surface area contributed by atoms with Crippen molar-refractivity contribution in [3.05, 3.63) is 29.3 Å². The summed E-state index contributed by atoms with van der Waals surface area (Å²) in [5.74, 6) is 0. The topological polar surface area (TPSA) is 0 Å². The number of aryl methyl sites for hydroxylation is 2. The summed E-state index contributed by atoms with van der Waals surface area (Å²) in [6.07, 6.45) is 0. The minimum absolute atomic E-state index is 0.166. The molecule has 0 aliphatic heterocycles. The lowest BCUT2D eigenvalue weighted by Crippen LogP contribution is -2.08. The smallest absolute Gasteiger partial charge is 0.0936 e. The van der Waals surface area contributed by atoms with Crippen LogP contribution in [0.4, 0.5) is 19.4 Å². The first-order valence-corrected chi connectivity index (χ1v) is 5.66. The van der Waals surface area contributed by atoms with Crippen molar-refractivity contribution in [1.82, 2.24) is 0 Å². The lowest BCUT2D eigenvalue weighted by Gasteiger charge is -2.41. The molecule has 0 unspecified atom stereocenters. The molecule has 0 bridgehead atoms. The van der Waals surface area contributed by atoms with E-state index in [1.54, 1.807) is 0 Å². The summed E-state index contributed by atoms with van der Waals surface area (Å²) < 4.78 is 61.9. The van der Waals surface area contributed by atoms with Crippen LogP contribution in [0, 0.1) is 13.8 Å². The monoisotopic (exact) mass is 232 g/mol. The molecule has 6 heteroatoms. The molecule has 0 atom stereocenters. The van der Waals surface area contributed by atoms with Crippen molar-refractivity contribution in [2.24, 2.45) is 0 Å². The molecule has 0 N–H and O–H groups in total. The van der Waals surface area contributed by atoms with Crippen molar-refractivity contribution in [3.63, 3.8) is 0 Å². The van der Waals surface area contributed by atoms with E-state index in [1.807, 2.05) is 0 Å². The molecule has 0 radical (unpaired) electrons. The van der Waals surface area contributed by atoms with Gasteiger partial charge >= 0.3 is 10.2 Å². The largest absolute Gasteiger partial charge is 0.310 e. The first kappa shape index (κ1) is 11.3. The first-order chi connectivity index (χ1) is 5.90. The van der Waals surface area contributed by atoms with Gasteiger partial charge in [-0.25, -0.2) is 0 Å². The lowest BCUT2D eigenvalue weighted by molar-refractivity contribution is 0.363. The summed E-state index contributed by atoms with van der Waals surface area (Å²) >= 11 is 0. The predicted octanol–water partition coefficient (Wildman–Crippen LogP) is 4.96. The number of halogens is 5. The first-order valence-electron chi connectivity index (χ1n) is 3.71. The third kappa shape index (κ3) is 2.37. The molecule has 0 amide bonds. The Morgan fingerprint density at radius 3 is 1.79 bits per heavy atom. The third-order valence-electron chi connectivity index (χ3n) is 1.76. The molecule has 1 rings (SSSR count). The zero-order chi connectivity index (χ0) is 11.3. The Labute approximate surface area is 78.5 Å². The van der Waals surface area contributed by atoms with Gasteiger partial charge in [0.1, 0.15) is 4.90 Å². The Hall–Kier alpha value is -0.780. The second kappa shape index (κ2) is 2.24. The van der Waals surface area contributed by atoms with Crippen LogP contribution in [-0.4, -0.2) is 0 Å². The molecular weight excluding hydrogens is 223 g/mol. The maximum atomic E-state index is 12.4. The Kier molecular flexibility index (Phi) is 1.81. The zero-order valence-corrected chi connectivity index (χ0v) is 8.35. The van der Waals surface area contributed by atoms with Gasteiger partial charge in [-0.15, -0.1) is 0 Å². The van der Waals surface area contributed by atoms with Crippen LogP contribution in [0.3, 0.4) is 0 Å². The van der Waals surface area contributed by atoms with Crippen molar-refractivity contribution in [3.8, 4) is 0 Å². The van der Waals surface area contributed by atoms with Gasteiger partial charge in [0.25, 0.3) is 0 Å². The predicted molar refractivity (Wildman–Crippen MR) is 47.3 cm³/mol. The second-order valence-electron chi connectivity index (χ2n) is 3.24. The van der Waals surface area contributed by atoms with E-state index in [4.69, 9.17) is 0 Å². The summed E-state index contributed by atoms with van der Waals surface area (Å²) in [5.41, 5.74) is -0.284. The molecule has 0 heterocycles. The van der Waals surface area contributed by atoms with Gasteiger partial charge < -0.3 is 0 Å². The molecule has 0 nitrogen and oxygen atoms in total. The zero-order valence-electron chi connectivity index (χ0n) is 7.53. The molecule has 14 heavy (non-hydrogen) atoms. The van der Waals surface area contributed by atoms with Crippen LogP contribution in [0.15, 0.2) is 23.1 Å². The fourth-order valence-electron chi connectivity index (χ4n) is 1.12. The molecular formula is C8H9F5S. The highest BCUT2D eigenvalue weighted by Gasteiger charge is 2.66. The highest BCUT2D eigenvalue weighted by Crippen LogP contribution is 3.02. The van der Waals surface area contributed by atoms with E-state index in [0.29, 0.717) is 6.07 Å². The van der Waals surface area contributed by atoms with Crippen molar-refractivity contribution in [2.75, 3.05) is 0 Å². The molecule has 0 aromatic heterocycles. The molecule has 0 aliphatic rings. The maximum Gasteiger partial charge on any atom is 0.310 e. The minimum atomic E-state index is -9.51. The Morgan fingerprint density at radius 2 is 1.43 bits per heavy atom. The normalized spacial score (nSPS) is 17.4. The Balaban J connectivity index is 3.57. The fourth-order valence-corrected chi connectivity index (χ4v) is 2.21. The van der Waals surface area contributed by atoms with E-state index in [9.17, 15) is 19.4 Å². The van der Waals surface area contributed by atoms with Crippen LogP contribution in [0.5, 0.6) is 0 Å². The van der Waals surface area contributed by atoms with Gasteiger partial charge in [0.2, 0.25) is 0 Å². The van der Waals surface area contributed by atoms with E-state index < -0.39 is 20.7 Å². The number of benzene rings is 1. The van der Waals surface area contributed by atoms with Gasteiger partial charge in [-0.05, 0) is 31.0 Å². The summed E-state index contributed by atoms with van der Waals surface area (Å²) in [7, 11) is -9.51. The van der Waals surface area contributed by atoms with Gasteiger partial charge in [0.05, 0.1) is 0 Å². The molecule has 1 aromatic carbocycles. The third-order valence-corrected chi connectivity index (χ3v) is 3.03. The van der Waals surface area contributed by atoms with Gasteiger partial charge in [0, 0.05) is 0 Å². The molecule has 0 fully saturated rings. The van der Waals surface area contributed by atoms with Crippen LogP contribution in [-0.2, 0) is 0 Å². The van der Waals surface area contributed by atoms with Crippen molar-refractivity contribution >= 4 is 10.2 Å². The van der Waals surface area contributed by atoms with Crippen LogP contribution < -0.4 is 0 Å². The highest BCUT2D eigenvalue weighted by atomic mass is 32.5. The average Bonchev–Trinajstić information content (AvgIpc) is 1.89. The van der Waals surface area contributed by atoms with E-state index in [2.05, 4.69) is 0 Å². The summed E-state index contributed by atoms with van der Waals surface area (Å²) in [6.45, 7) is 2.36. The molecule has 1 aromatic rings. The van der Waals surface area contributed by atoms with Crippen LogP contribution in [0.1, 0.15) is 11.1 Å². The van der Waals surface area contributed by atoms with Crippen LogP contribution >= 0.6 is 10.2 Å². The molecule has 0 spiro atoms. The second-order valence-corrected chi connectivity index (χ2v) is 5.62. The van der Waals surface area contributed by atoms with Crippen LogP contribution in [0.25, 0.3) is 0 Å². The van der Waals surface area contributed by atoms with E-state index in [0.717, 1.165) is 13.0 Å². The highest BCUT2D eigenvalue weighted by molar-refractivity contribution is 8.45. The van der Waals surface area contributed by atoms with Gasteiger partial charge in [-0.1, -0.05) is 31.6 Å². The minimum Gasteiger partial charge on any atom is -0.0936 e. The van der Waals surface area contributed by atoms with Gasteiger partial charge in [0.15, 0.2) is 0 Å². The van der Waals surface area contributed by atoms with Gasteiger partial charge in [-0.2, -0.15) is 0 Å². The number of hydrogen-bond donors (Lipinski definition) is 0. The number of rotatable bonds is 1. The van der Waals surface area contributed by atoms with Crippen molar-refractivity contribution in [2.45, 2.75) is 18.7 Å². The van der Waals surface area contributed by atoms with Crippen LogP contribution in [0.2, 0.25) is 0 Å². The standard InChI is InChI=1S/C8H9F5S/c1-6-3-4-7(2)8(5-6)14(9,10,11,12)13/h3-5H,1-2H3. The van der Waals surface area contributed by atoms with E-state index >= 15 is 0 Å². The Bertz CT molecular complexity index is 377. The van der Waals surface area contributed by atoms with E-state index in [-0.39, 0.29) is 5.56 Å². The van der Waals surface area contributed by atoms with Crippen molar-refractivity contribution < 1.29 is 19.4 Å². The Morgan fingerprint density at radius 1 is 0.929 bits per heavy atom. The SMILES string of the molecule is Cc1ccc(C)c(S(F)(F)(F)(F)F)c1. The lowest BCUT2D eigenvalue weighted by atomic mass is 10.2. The summed E-state index contributed by atoms with van der Waals surface area (Å²) in [4.78, 5) is -1.79. The summed E-state index contributed by atoms with van der Waals surface area (Å²) in [6, 6.07) is 2.89. The van der Waals surface area contributed by atoms with Crippen molar-refractivity contribution in [1.29, 1.82) is 0 Å². The maximum absolute atomic E-state index is 12.4. The molecule has 0 aliphatic carbocycles. The van der Waals surface area contributed by atoms with Gasteiger partial charge in [-0.3, -0.25) is 0 Å². The fraction of sp³-hybridized carbons (Fsp3) is 0.250. The average molecular weight is 232 g/mol.